The highest BCUT2D eigenvalue weighted by Crippen LogP contribution is 2.37. The highest BCUT2D eigenvalue weighted by atomic mass is 15.2. The maximum atomic E-state index is 5.70. The molecular formula is C16H19N3. The van der Waals surface area contributed by atoms with Gasteiger partial charge < -0.3 is 10.6 Å². The second kappa shape index (κ2) is 4.67. The molecule has 0 fully saturated rings. The molecule has 0 bridgehead atoms. The highest BCUT2D eigenvalue weighted by Gasteiger charge is 2.27. The number of aryl methyl sites for hydroxylation is 1. The van der Waals surface area contributed by atoms with Crippen LogP contribution >= 0.6 is 0 Å². The normalized spacial score (nSPS) is 17.6. The van der Waals surface area contributed by atoms with Crippen molar-refractivity contribution in [2.45, 2.75) is 32.9 Å². The fourth-order valence-corrected chi connectivity index (χ4v) is 2.84. The van der Waals surface area contributed by atoms with E-state index in [1.165, 1.54) is 11.3 Å². The maximum Gasteiger partial charge on any atom is 0.133 e. The highest BCUT2D eigenvalue weighted by molar-refractivity contribution is 5.69. The van der Waals surface area contributed by atoms with E-state index < -0.39 is 0 Å². The van der Waals surface area contributed by atoms with Gasteiger partial charge in [-0.1, -0.05) is 24.3 Å². The van der Waals surface area contributed by atoms with Crippen molar-refractivity contribution in [2.75, 3.05) is 4.90 Å². The molecule has 0 radical (unpaired) electrons. The van der Waals surface area contributed by atoms with Crippen LogP contribution in [0.25, 0.3) is 0 Å². The molecule has 1 aromatic heterocycles. The first-order valence-electron chi connectivity index (χ1n) is 6.74. The second-order valence-electron chi connectivity index (χ2n) is 5.17. The van der Waals surface area contributed by atoms with Crippen molar-refractivity contribution in [3.63, 3.8) is 0 Å². The molecule has 0 saturated carbocycles. The molecule has 2 heterocycles. The van der Waals surface area contributed by atoms with Crippen LogP contribution in [0.4, 0.5) is 11.5 Å². The molecule has 0 aliphatic carbocycles. The fourth-order valence-electron chi connectivity index (χ4n) is 2.84. The van der Waals surface area contributed by atoms with Crippen molar-refractivity contribution in [1.29, 1.82) is 0 Å². The van der Waals surface area contributed by atoms with E-state index in [0.29, 0.717) is 12.6 Å². The standard InChI is InChI=1S/C16H19N3/c1-11-9-13-5-3-4-6-15(13)19(11)16-8-7-14(10-17)12(2)18-16/h3-8,11H,9-10,17H2,1-2H3. The summed E-state index contributed by atoms with van der Waals surface area (Å²) < 4.78 is 0. The second-order valence-corrected chi connectivity index (χ2v) is 5.17. The molecule has 1 atom stereocenters. The van der Waals surface area contributed by atoms with Crippen molar-refractivity contribution in [2.24, 2.45) is 5.73 Å². The number of para-hydroxylation sites is 1. The van der Waals surface area contributed by atoms with E-state index >= 15 is 0 Å². The van der Waals surface area contributed by atoms with E-state index in [1.54, 1.807) is 0 Å². The molecule has 3 rings (SSSR count). The van der Waals surface area contributed by atoms with Crippen molar-refractivity contribution >= 4 is 11.5 Å². The molecule has 0 saturated heterocycles. The molecule has 3 nitrogen and oxygen atoms in total. The summed E-state index contributed by atoms with van der Waals surface area (Å²) in [4.78, 5) is 7.04. The minimum Gasteiger partial charge on any atom is -0.326 e. The zero-order valence-corrected chi connectivity index (χ0v) is 11.4. The van der Waals surface area contributed by atoms with Gasteiger partial charge in [-0.3, -0.25) is 0 Å². The summed E-state index contributed by atoms with van der Waals surface area (Å²) in [6.45, 7) is 4.82. The minimum absolute atomic E-state index is 0.452. The van der Waals surface area contributed by atoms with E-state index in [1.807, 2.05) is 6.92 Å². The average Bonchev–Trinajstić information content (AvgIpc) is 2.74. The lowest BCUT2D eigenvalue weighted by Crippen LogP contribution is -2.25. The van der Waals surface area contributed by atoms with Crippen LogP contribution in [0.5, 0.6) is 0 Å². The molecule has 0 amide bonds. The lowest BCUT2D eigenvalue weighted by Gasteiger charge is -2.24. The Balaban J connectivity index is 2.05. The van der Waals surface area contributed by atoms with Gasteiger partial charge in [0.15, 0.2) is 0 Å². The Bertz CT molecular complexity index is 607. The number of benzene rings is 1. The van der Waals surface area contributed by atoms with Gasteiger partial charge in [-0.2, -0.15) is 0 Å². The van der Waals surface area contributed by atoms with Crippen LogP contribution in [-0.2, 0) is 13.0 Å². The number of hydrogen-bond acceptors (Lipinski definition) is 3. The molecule has 1 unspecified atom stereocenters. The predicted octanol–water partition coefficient (Wildman–Crippen LogP) is 2.93. The molecule has 98 valence electrons. The third kappa shape index (κ3) is 2.00. The largest absolute Gasteiger partial charge is 0.326 e. The van der Waals surface area contributed by atoms with Gasteiger partial charge in [0.05, 0.1) is 0 Å². The quantitative estimate of drug-likeness (QED) is 0.894. The number of hydrogen-bond donors (Lipinski definition) is 1. The third-order valence-corrected chi connectivity index (χ3v) is 3.85. The van der Waals surface area contributed by atoms with Gasteiger partial charge in [-0.15, -0.1) is 0 Å². The number of nitrogens with two attached hydrogens (primary N) is 1. The number of fused-ring (bicyclic) bond motifs is 1. The minimum atomic E-state index is 0.452. The molecule has 3 heteroatoms. The Hall–Kier alpha value is -1.87. The lowest BCUT2D eigenvalue weighted by atomic mass is 10.1. The summed E-state index contributed by atoms with van der Waals surface area (Å²) >= 11 is 0. The Kier molecular flexibility index (Phi) is 2.99. The van der Waals surface area contributed by atoms with Crippen LogP contribution in [0.1, 0.15) is 23.7 Å². The fraction of sp³-hybridized carbons (Fsp3) is 0.312. The molecule has 2 N–H and O–H groups in total. The van der Waals surface area contributed by atoms with Gasteiger partial charge in [-0.05, 0) is 43.5 Å². The van der Waals surface area contributed by atoms with Crippen LogP contribution in [0.2, 0.25) is 0 Å². The van der Waals surface area contributed by atoms with Crippen LogP contribution in [0.3, 0.4) is 0 Å². The van der Waals surface area contributed by atoms with Gasteiger partial charge in [0.1, 0.15) is 5.82 Å². The predicted molar refractivity (Wildman–Crippen MR) is 78.6 cm³/mol. The molecule has 1 aliphatic heterocycles. The summed E-state index contributed by atoms with van der Waals surface area (Å²) in [5.41, 5.74) is 10.5. The Labute approximate surface area is 114 Å². The Morgan fingerprint density at radius 2 is 2.05 bits per heavy atom. The maximum absolute atomic E-state index is 5.70. The first kappa shape index (κ1) is 12.2. The van der Waals surface area contributed by atoms with Crippen molar-refractivity contribution in [3.8, 4) is 0 Å². The molecule has 1 aliphatic rings. The van der Waals surface area contributed by atoms with Gasteiger partial charge in [0.25, 0.3) is 0 Å². The summed E-state index contributed by atoms with van der Waals surface area (Å²) in [5.74, 6) is 1.02. The summed E-state index contributed by atoms with van der Waals surface area (Å²) in [7, 11) is 0. The first-order chi connectivity index (χ1) is 9.20. The summed E-state index contributed by atoms with van der Waals surface area (Å²) in [5, 5.41) is 0. The summed E-state index contributed by atoms with van der Waals surface area (Å²) in [6, 6.07) is 13.2. The molecular weight excluding hydrogens is 234 g/mol. The average molecular weight is 253 g/mol. The van der Waals surface area contributed by atoms with Gasteiger partial charge in [0, 0.05) is 24.0 Å². The lowest BCUT2D eigenvalue weighted by molar-refractivity contribution is 0.748. The van der Waals surface area contributed by atoms with Crippen LogP contribution < -0.4 is 10.6 Å². The monoisotopic (exact) mass is 253 g/mol. The van der Waals surface area contributed by atoms with E-state index in [9.17, 15) is 0 Å². The molecule has 2 aromatic rings. The molecule has 1 aromatic carbocycles. The van der Waals surface area contributed by atoms with Gasteiger partial charge >= 0.3 is 0 Å². The third-order valence-electron chi connectivity index (χ3n) is 3.85. The van der Waals surface area contributed by atoms with Gasteiger partial charge in [0.2, 0.25) is 0 Å². The van der Waals surface area contributed by atoms with Crippen LogP contribution in [0.15, 0.2) is 36.4 Å². The van der Waals surface area contributed by atoms with Crippen LogP contribution in [-0.4, -0.2) is 11.0 Å². The number of rotatable bonds is 2. The number of aromatic nitrogens is 1. The molecule has 19 heavy (non-hydrogen) atoms. The van der Waals surface area contributed by atoms with E-state index in [-0.39, 0.29) is 0 Å². The smallest absolute Gasteiger partial charge is 0.133 e. The van der Waals surface area contributed by atoms with Crippen LogP contribution in [0, 0.1) is 6.92 Å². The van der Waals surface area contributed by atoms with E-state index in [0.717, 1.165) is 23.5 Å². The van der Waals surface area contributed by atoms with Crippen molar-refractivity contribution in [1.82, 2.24) is 4.98 Å². The number of anilines is 2. The number of pyridine rings is 1. The zero-order chi connectivity index (χ0) is 13.4. The van der Waals surface area contributed by atoms with E-state index in [4.69, 9.17) is 10.7 Å². The van der Waals surface area contributed by atoms with Crippen molar-refractivity contribution < 1.29 is 0 Å². The summed E-state index contributed by atoms with van der Waals surface area (Å²) in [6.07, 6.45) is 1.08. The first-order valence-corrected chi connectivity index (χ1v) is 6.74. The zero-order valence-electron chi connectivity index (χ0n) is 11.4. The van der Waals surface area contributed by atoms with E-state index in [2.05, 4.69) is 48.2 Å². The Morgan fingerprint density at radius 1 is 1.26 bits per heavy atom. The Morgan fingerprint density at radius 3 is 2.79 bits per heavy atom. The topological polar surface area (TPSA) is 42.2 Å². The molecule has 0 spiro atoms. The van der Waals surface area contributed by atoms with Gasteiger partial charge in [-0.25, -0.2) is 4.98 Å². The number of nitrogens with zero attached hydrogens (tertiary/aromatic N) is 2. The van der Waals surface area contributed by atoms with Crippen molar-refractivity contribution in [3.05, 3.63) is 53.2 Å². The SMILES string of the molecule is Cc1nc(N2c3ccccc3CC2C)ccc1CN.